The van der Waals surface area contributed by atoms with Crippen molar-refractivity contribution in [2.45, 2.75) is 12.0 Å². The van der Waals surface area contributed by atoms with Gasteiger partial charge in [-0.2, -0.15) is 5.26 Å². The van der Waals surface area contributed by atoms with E-state index in [1.165, 1.54) is 0 Å². The fraction of sp³-hybridized carbons (Fsp3) is 0.0800. The first-order valence-corrected chi connectivity index (χ1v) is 8.96. The molecule has 2 heteroatoms. The zero-order valence-electron chi connectivity index (χ0n) is 14.8. The Bertz CT molecular complexity index is 1120. The molecule has 0 fully saturated rings. The second kappa shape index (κ2) is 7.07. The molecule has 0 saturated heterocycles. The van der Waals surface area contributed by atoms with E-state index in [9.17, 15) is 10.4 Å². The zero-order chi connectivity index (χ0) is 18.7. The summed E-state index contributed by atoms with van der Waals surface area (Å²) in [5, 5.41) is 23.3. The van der Waals surface area contributed by atoms with Gasteiger partial charge in [-0.3, -0.25) is 0 Å². The maximum Gasteiger partial charge on any atom is 0.119 e. The third-order valence-electron chi connectivity index (χ3n) is 5.00. The van der Waals surface area contributed by atoms with Crippen LogP contribution in [0.5, 0.6) is 0 Å². The van der Waals surface area contributed by atoms with Gasteiger partial charge in [0.2, 0.25) is 0 Å². The van der Waals surface area contributed by atoms with Crippen LogP contribution >= 0.6 is 0 Å². The topological polar surface area (TPSA) is 44.0 Å². The van der Waals surface area contributed by atoms with Crippen LogP contribution in [0.4, 0.5) is 0 Å². The van der Waals surface area contributed by atoms with E-state index in [0.717, 1.165) is 27.5 Å². The largest absolute Gasteiger partial charge is 0.380 e. The highest BCUT2D eigenvalue weighted by molar-refractivity contribution is 5.87. The molecule has 1 N–H and O–H groups in total. The SMILES string of the molecule is N#Cc1cccc(C[C@](O)(c2ccccc2)c2cccc3ccccc23)c1. The average Bonchev–Trinajstić information content (AvgIpc) is 2.74. The standard InChI is InChI=1S/C25H19NO/c26-18-20-9-6-8-19(16-20)17-25(27,22-12-2-1-3-13-22)24-15-7-11-21-10-4-5-14-23(21)24/h1-16,27H,17H2/t25-/m0/s1. The van der Waals surface area contributed by atoms with E-state index in [2.05, 4.69) is 18.2 Å². The Morgan fingerprint density at radius 2 is 1.48 bits per heavy atom. The van der Waals surface area contributed by atoms with E-state index in [1.807, 2.05) is 78.9 Å². The van der Waals surface area contributed by atoms with E-state index in [0.29, 0.717) is 12.0 Å². The summed E-state index contributed by atoms with van der Waals surface area (Å²) in [6.07, 6.45) is 0.389. The Hall–Kier alpha value is -3.41. The average molecular weight is 349 g/mol. The van der Waals surface area contributed by atoms with Gasteiger partial charge >= 0.3 is 0 Å². The number of nitriles is 1. The van der Waals surface area contributed by atoms with Crippen molar-refractivity contribution in [3.8, 4) is 6.07 Å². The van der Waals surface area contributed by atoms with Crippen LogP contribution in [-0.4, -0.2) is 5.11 Å². The lowest BCUT2D eigenvalue weighted by molar-refractivity contribution is 0.0827. The summed E-state index contributed by atoms with van der Waals surface area (Å²) in [7, 11) is 0. The molecule has 130 valence electrons. The number of benzene rings is 4. The van der Waals surface area contributed by atoms with Crippen molar-refractivity contribution >= 4 is 10.8 Å². The molecular formula is C25H19NO. The van der Waals surface area contributed by atoms with Gasteiger partial charge in [0.05, 0.1) is 11.6 Å². The molecule has 0 aliphatic rings. The highest BCUT2D eigenvalue weighted by Gasteiger charge is 2.33. The third-order valence-corrected chi connectivity index (χ3v) is 5.00. The first kappa shape index (κ1) is 17.0. The summed E-state index contributed by atoms with van der Waals surface area (Å²) in [5.74, 6) is 0. The van der Waals surface area contributed by atoms with Crippen LogP contribution in [0.15, 0.2) is 97.1 Å². The second-order valence-electron chi connectivity index (χ2n) is 6.74. The second-order valence-corrected chi connectivity index (χ2v) is 6.74. The third kappa shape index (κ3) is 3.21. The van der Waals surface area contributed by atoms with E-state index < -0.39 is 5.60 Å². The van der Waals surface area contributed by atoms with Crippen LogP contribution in [0, 0.1) is 11.3 Å². The Balaban J connectivity index is 1.93. The number of aliphatic hydroxyl groups is 1. The zero-order valence-corrected chi connectivity index (χ0v) is 14.8. The van der Waals surface area contributed by atoms with Crippen molar-refractivity contribution in [2.24, 2.45) is 0 Å². The van der Waals surface area contributed by atoms with Crippen LogP contribution < -0.4 is 0 Å². The molecule has 0 radical (unpaired) electrons. The van der Waals surface area contributed by atoms with Gasteiger partial charge in [0.1, 0.15) is 5.60 Å². The van der Waals surface area contributed by atoms with E-state index in [1.54, 1.807) is 6.07 Å². The molecule has 0 unspecified atom stereocenters. The molecule has 0 aromatic heterocycles. The minimum atomic E-state index is -1.20. The molecule has 1 atom stereocenters. The molecule has 0 aliphatic heterocycles. The molecule has 0 spiro atoms. The van der Waals surface area contributed by atoms with Gasteiger partial charge < -0.3 is 5.11 Å². The minimum Gasteiger partial charge on any atom is -0.380 e. The molecular weight excluding hydrogens is 330 g/mol. The smallest absolute Gasteiger partial charge is 0.119 e. The van der Waals surface area contributed by atoms with E-state index in [-0.39, 0.29) is 0 Å². The number of rotatable bonds is 4. The number of nitrogens with zero attached hydrogens (tertiary/aromatic N) is 1. The summed E-state index contributed by atoms with van der Waals surface area (Å²) in [6.45, 7) is 0. The molecule has 2 nitrogen and oxygen atoms in total. The maximum absolute atomic E-state index is 12.0. The normalized spacial score (nSPS) is 13.0. The summed E-state index contributed by atoms with van der Waals surface area (Å²) >= 11 is 0. The predicted molar refractivity (Wildman–Crippen MR) is 108 cm³/mol. The first-order chi connectivity index (χ1) is 13.2. The molecule has 0 bridgehead atoms. The van der Waals surface area contributed by atoms with Crippen molar-refractivity contribution < 1.29 is 5.11 Å². The monoisotopic (exact) mass is 349 g/mol. The fourth-order valence-corrected chi connectivity index (χ4v) is 3.70. The molecule has 0 heterocycles. The van der Waals surface area contributed by atoms with Crippen molar-refractivity contribution in [1.29, 1.82) is 5.26 Å². The van der Waals surface area contributed by atoms with Gasteiger partial charge in [-0.25, -0.2) is 0 Å². The van der Waals surface area contributed by atoms with Crippen LogP contribution in [-0.2, 0) is 12.0 Å². The van der Waals surface area contributed by atoms with Crippen LogP contribution in [0.1, 0.15) is 22.3 Å². The molecule has 0 amide bonds. The Morgan fingerprint density at radius 3 is 2.30 bits per heavy atom. The lowest BCUT2D eigenvalue weighted by atomic mass is 9.79. The molecule has 0 aliphatic carbocycles. The van der Waals surface area contributed by atoms with Crippen molar-refractivity contribution in [3.63, 3.8) is 0 Å². The number of fused-ring (bicyclic) bond motifs is 1. The maximum atomic E-state index is 12.0. The summed E-state index contributed by atoms with van der Waals surface area (Å²) in [5.41, 5.74) is 2.03. The molecule has 0 saturated carbocycles. The van der Waals surface area contributed by atoms with Crippen molar-refractivity contribution in [3.05, 3.63) is 119 Å². The summed E-state index contributed by atoms with van der Waals surface area (Å²) in [6, 6.07) is 33.5. The van der Waals surface area contributed by atoms with Crippen molar-refractivity contribution in [1.82, 2.24) is 0 Å². The summed E-state index contributed by atoms with van der Waals surface area (Å²) in [4.78, 5) is 0. The van der Waals surface area contributed by atoms with Gasteiger partial charge in [-0.05, 0) is 39.6 Å². The van der Waals surface area contributed by atoms with Gasteiger partial charge in [0.15, 0.2) is 0 Å². The Kier molecular flexibility index (Phi) is 4.46. The lowest BCUT2D eigenvalue weighted by Crippen LogP contribution is -2.30. The highest BCUT2D eigenvalue weighted by atomic mass is 16.3. The van der Waals surface area contributed by atoms with E-state index in [4.69, 9.17) is 0 Å². The highest BCUT2D eigenvalue weighted by Crippen LogP contribution is 2.37. The minimum absolute atomic E-state index is 0.389. The van der Waals surface area contributed by atoms with E-state index >= 15 is 0 Å². The van der Waals surface area contributed by atoms with Crippen LogP contribution in [0.3, 0.4) is 0 Å². The molecule has 4 aromatic rings. The predicted octanol–water partition coefficient (Wildman–Crippen LogP) is 5.19. The quantitative estimate of drug-likeness (QED) is 0.551. The number of hydrogen-bond acceptors (Lipinski definition) is 2. The van der Waals surface area contributed by atoms with Gasteiger partial charge in [-0.15, -0.1) is 0 Å². The van der Waals surface area contributed by atoms with Crippen LogP contribution in [0.2, 0.25) is 0 Å². The van der Waals surface area contributed by atoms with Crippen LogP contribution in [0.25, 0.3) is 10.8 Å². The molecule has 27 heavy (non-hydrogen) atoms. The molecule has 4 aromatic carbocycles. The first-order valence-electron chi connectivity index (χ1n) is 8.96. The Labute approximate surface area is 159 Å². The van der Waals surface area contributed by atoms with Crippen molar-refractivity contribution in [2.75, 3.05) is 0 Å². The number of hydrogen-bond donors (Lipinski definition) is 1. The van der Waals surface area contributed by atoms with Gasteiger partial charge in [-0.1, -0.05) is 84.9 Å². The summed E-state index contributed by atoms with van der Waals surface area (Å²) < 4.78 is 0. The fourth-order valence-electron chi connectivity index (χ4n) is 3.70. The van der Waals surface area contributed by atoms with Gasteiger partial charge in [0, 0.05) is 6.42 Å². The van der Waals surface area contributed by atoms with Gasteiger partial charge in [0.25, 0.3) is 0 Å². The Morgan fingerprint density at radius 1 is 0.778 bits per heavy atom. The molecule has 4 rings (SSSR count). The lowest BCUT2D eigenvalue weighted by Gasteiger charge is -2.31.